The van der Waals surface area contributed by atoms with E-state index in [0.29, 0.717) is 6.04 Å². The molecule has 3 heteroatoms. The normalized spacial score (nSPS) is 36.7. The van der Waals surface area contributed by atoms with Crippen LogP contribution in [0.1, 0.15) is 25.7 Å². The molecule has 0 amide bonds. The first-order valence-electron chi connectivity index (χ1n) is 5.31. The third-order valence-electron chi connectivity index (χ3n) is 3.23. The minimum absolute atomic E-state index is 0.711. The number of alkyl halides is 1. The Kier molecular flexibility index (Phi) is 3.64. The number of halogens is 1. The van der Waals surface area contributed by atoms with Gasteiger partial charge in [-0.1, -0.05) is 22.4 Å². The van der Waals surface area contributed by atoms with Crippen LogP contribution in [0.25, 0.3) is 0 Å². The third-order valence-corrected chi connectivity index (χ3v) is 3.97. The van der Waals surface area contributed by atoms with Crippen molar-refractivity contribution in [1.82, 2.24) is 4.90 Å². The van der Waals surface area contributed by atoms with Crippen LogP contribution in [0.5, 0.6) is 0 Å². The molecule has 13 heavy (non-hydrogen) atoms. The molecule has 0 N–H and O–H groups in total. The van der Waals surface area contributed by atoms with Gasteiger partial charge < -0.3 is 4.74 Å². The average molecular weight is 248 g/mol. The van der Waals surface area contributed by atoms with E-state index in [1.54, 1.807) is 0 Å². The summed E-state index contributed by atoms with van der Waals surface area (Å²) in [6.45, 7) is 3.21. The van der Waals surface area contributed by atoms with Crippen molar-refractivity contribution in [2.45, 2.75) is 37.8 Å². The van der Waals surface area contributed by atoms with Crippen molar-refractivity contribution >= 4 is 15.9 Å². The molecule has 2 saturated heterocycles. The molecule has 0 bridgehead atoms. The van der Waals surface area contributed by atoms with Crippen molar-refractivity contribution in [1.29, 1.82) is 0 Å². The molecular formula is C10H18BrNO. The van der Waals surface area contributed by atoms with E-state index in [2.05, 4.69) is 20.8 Å². The fraction of sp³-hybridized carbons (Fsp3) is 1.00. The Labute approximate surface area is 88.8 Å². The first-order valence-corrected chi connectivity index (χ1v) is 6.43. The molecule has 2 nitrogen and oxygen atoms in total. The Morgan fingerprint density at radius 2 is 2.23 bits per heavy atom. The van der Waals surface area contributed by atoms with Crippen LogP contribution in [-0.4, -0.2) is 42.1 Å². The highest BCUT2D eigenvalue weighted by Crippen LogP contribution is 2.24. The maximum atomic E-state index is 5.45. The molecule has 2 unspecified atom stereocenters. The van der Waals surface area contributed by atoms with Crippen LogP contribution in [0.4, 0.5) is 0 Å². The molecule has 0 aromatic carbocycles. The lowest BCUT2D eigenvalue weighted by Gasteiger charge is -2.38. The zero-order valence-electron chi connectivity index (χ0n) is 8.04. The maximum Gasteiger partial charge on any atom is 0.0622 e. The zero-order valence-corrected chi connectivity index (χ0v) is 9.63. The second kappa shape index (κ2) is 4.76. The Bertz CT molecular complexity index is 157. The summed E-state index contributed by atoms with van der Waals surface area (Å²) in [4.78, 5) is 2.66. The molecule has 2 fully saturated rings. The zero-order chi connectivity index (χ0) is 9.10. The van der Waals surface area contributed by atoms with Crippen LogP contribution >= 0.6 is 15.9 Å². The molecule has 76 valence electrons. The summed E-state index contributed by atoms with van der Waals surface area (Å²) >= 11 is 3.62. The van der Waals surface area contributed by atoms with Crippen LogP contribution in [0, 0.1) is 0 Å². The summed E-state index contributed by atoms with van der Waals surface area (Å²) in [5.74, 6) is 0. The van der Waals surface area contributed by atoms with Crippen molar-refractivity contribution in [3.63, 3.8) is 0 Å². The van der Waals surface area contributed by atoms with E-state index in [1.165, 1.54) is 32.2 Å². The molecule has 2 rings (SSSR count). The number of hydrogen-bond acceptors (Lipinski definition) is 2. The predicted octanol–water partition coefficient (Wildman–Crippen LogP) is 2.02. The number of likely N-dealkylation sites (tertiary alicyclic amines) is 1. The highest BCUT2D eigenvalue weighted by molar-refractivity contribution is 9.09. The van der Waals surface area contributed by atoms with Crippen LogP contribution in [-0.2, 0) is 4.74 Å². The number of ether oxygens (including phenoxy) is 1. The van der Waals surface area contributed by atoms with Gasteiger partial charge >= 0.3 is 0 Å². The number of hydrogen-bond donors (Lipinski definition) is 0. The fourth-order valence-electron chi connectivity index (χ4n) is 2.45. The molecule has 0 aliphatic carbocycles. The molecule has 0 spiro atoms. The Balaban J connectivity index is 1.93. The van der Waals surface area contributed by atoms with E-state index in [9.17, 15) is 0 Å². The second-order valence-corrected chi connectivity index (χ2v) is 4.71. The molecule has 0 radical (unpaired) electrons. The minimum Gasteiger partial charge on any atom is -0.380 e. The first kappa shape index (κ1) is 9.94. The molecule has 0 saturated carbocycles. The van der Waals surface area contributed by atoms with Crippen molar-refractivity contribution < 1.29 is 4.74 Å². The number of nitrogens with zero attached hydrogens (tertiary/aromatic N) is 1. The van der Waals surface area contributed by atoms with Gasteiger partial charge in [-0.05, 0) is 25.8 Å². The van der Waals surface area contributed by atoms with Crippen LogP contribution in [0.2, 0.25) is 0 Å². The predicted molar refractivity (Wildman–Crippen MR) is 57.4 cm³/mol. The van der Waals surface area contributed by atoms with E-state index in [-0.39, 0.29) is 0 Å². The van der Waals surface area contributed by atoms with E-state index in [4.69, 9.17) is 4.74 Å². The summed E-state index contributed by atoms with van der Waals surface area (Å²) in [5, 5.41) is 1.13. The number of rotatable bonds is 2. The van der Waals surface area contributed by atoms with Crippen LogP contribution in [0.3, 0.4) is 0 Å². The summed E-state index contributed by atoms with van der Waals surface area (Å²) in [6, 6.07) is 1.48. The van der Waals surface area contributed by atoms with E-state index < -0.39 is 0 Å². The largest absolute Gasteiger partial charge is 0.380 e. The second-order valence-electron chi connectivity index (χ2n) is 4.06. The van der Waals surface area contributed by atoms with Gasteiger partial charge in [0, 0.05) is 24.0 Å². The molecule has 2 heterocycles. The monoisotopic (exact) mass is 247 g/mol. The Morgan fingerprint density at radius 1 is 1.31 bits per heavy atom. The topological polar surface area (TPSA) is 12.5 Å². The lowest BCUT2D eigenvalue weighted by molar-refractivity contribution is 0.0915. The van der Waals surface area contributed by atoms with E-state index in [0.717, 1.165) is 24.6 Å². The lowest BCUT2D eigenvalue weighted by Crippen LogP contribution is -2.47. The van der Waals surface area contributed by atoms with Gasteiger partial charge in [0.15, 0.2) is 0 Å². The molecule has 0 aromatic heterocycles. The first-order chi connectivity index (χ1) is 6.42. The van der Waals surface area contributed by atoms with Gasteiger partial charge in [-0.25, -0.2) is 0 Å². The summed E-state index contributed by atoms with van der Waals surface area (Å²) in [7, 11) is 0. The molecular weight excluding hydrogens is 230 g/mol. The molecule has 0 aromatic rings. The van der Waals surface area contributed by atoms with Crippen molar-refractivity contribution in [2.75, 3.05) is 25.1 Å². The van der Waals surface area contributed by atoms with Gasteiger partial charge in [-0.15, -0.1) is 0 Å². The quantitative estimate of drug-likeness (QED) is 0.693. The standard InChI is InChI=1S/C10H18BrNO/c11-7-9-3-1-2-5-12(9)10-4-6-13-8-10/h9-10H,1-8H2. The highest BCUT2D eigenvalue weighted by Gasteiger charge is 2.30. The van der Waals surface area contributed by atoms with Crippen molar-refractivity contribution in [2.24, 2.45) is 0 Å². The van der Waals surface area contributed by atoms with Gasteiger partial charge in [-0.2, -0.15) is 0 Å². The van der Waals surface area contributed by atoms with Crippen molar-refractivity contribution in [3.8, 4) is 0 Å². The van der Waals surface area contributed by atoms with Crippen molar-refractivity contribution in [3.05, 3.63) is 0 Å². The van der Waals surface area contributed by atoms with Gasteiger partial charge in [0.1, 0.15) is 0 Å². The molecule has 2 aliphatic rings. The van der Waals surface area contributed by atoms with E-state index in [1.807, 2.05) is 0 Å². The molecule has 2 atom stereocenters. The third kappa shape index (κ3) is 2.25. The number of piperidine rings is 1. The van der Waals surface area contributed by atoms with Gasteiger partial charge in [-0.3, -0.25) is 4.90 Å². The van der Waals surface area contributed by atoms with E-state index >= 15 is 0 Å². The molecule has 2 aliphatic heterocycles. The van der Waals surface area contributed by atoms with Gasteiger partial charge in [0.25, 0.3) is 0 Å². The minimum atomic E-state index is 0.711. The smallest absolute Gasteiger partial charge is 0.0622 e. The van der Waals surface area contributed by atoms with Crippen LogP contribution in [0.15, 0.2) is 0 Å². The lowest BCUT2D eigenvalue weighted by atomic mass is 10.0. The van der Waals surface area contributed by atoms with Gasteiger partial charge in [0.2, 0.25) is 0 Å². The Hall–Kier alpha value is 0.400. The summed E-state index contributed by atoms with van der Waals surface area (Å²) in [5.41, 5.74) is 0. The highest BCUT2D eigenvalue weighted by atomic mass is 79.9. The Morgan fingerprint density at radius 3 is 2.92 bits per heavy atom. The summed E-state index contributed by atoms with van der Waals surface area (Å²) in [6.07, 6.45) is 5.38. The van der Waals surface area contributed by atoms with Gasteiger partial charge in [0.05, 0.1) is 6.61 Å². The average Bonchev–Trinajstić information content (AvgIpc) is 2.70. The van der Waals surface area contributed by atoms with Crippen LogP contribution < -0.4 is 0 Å². The summed E-state index contributed by atoms with van der Waals surface area (Å²) < 4.78 is 5.45. The fourth-order valence-corrected chi connectivity index (χ4v) is 3.15. The maximum absolute atomic E-state index is 5.45. The SMILES string of the molecule is BrCC1CCCCN1C1CCOC1.